The predicted molar refractivity (Wildman–Crippen MR) is 100 cm³/mol. The molecule has 2 atom stereocenters. The van der Waals surface area contributed by atoms with Crippen LogP contribution in [-0.2, 0) is 7.05 Å². The highest BCUT2D eigenvalue weighted by molar-refractivity contribution is 5.97. The summed E-state index contributed by atoms with van der Waals surface area (Å²) in [4.78, 5) is 16.8. The summed E-state index contributed by atoms with van der Waals surface area (Å²) >= 11 is 0. The van der Waals surface area contributed by atoms with E-state index in [9.17, 15) is 4.79 Å². The van der Waals surface area contributed by atoms with E-state index >= 15 is 0 Å². The van der Waals surface area contributed by atoms with Gasteiger partial charge in [-0.25, -0.2) is 10.1 Å². The van der Waals surface area contributed by atoms with Crippen molar-refractivity contribution in [1.82, 2.24) is 19.7 Å². The molecule has 2 aromatic heterocycles. The molecule has 26 heavy (non-hydrogen) atoms. The van der Waals surface area contributed by atoms with E-state index in [1.807, 2.05) is 54.2 Å². The van der Waals surface area contributed by atoms with Crippen LogP contribution in [0.15, 0.2) is 65.7 Å². The maximum Gasteiger partial charge on any atom is 0.272 e. The van der Waals surface area contributed by atoms with Crippen LogP contribution in [0.5, 0.6) is 0 Å². The van der Waals surface area contributed by atoms with Crippen LogP contribution in [-0.4, -0.2) is 19.7 Å². The zero-order valence-electron chi connectivity index (χ0n) is 14.2. The lowest BCUT2D eigenvalue weighted by Crippen LogP contribution is -2.29. The highest BCUT2D eigenvalue weighted by atomic mass is 16.1. The summed E-state index contributed by atoms with van der Waals surface area (Å²) in [6.45, 7) is 0. The number of imidazole rings is 1. The minimum Gasteiger partial charge on any atom is -0.374 e. The Morgan fingerprint density at radius 2 is 1.92 bits per heavy atom. The summed E-state index contributed by atoms with van der Waals surface area (Å²) in [5.41, 5.74) is 2.74. The maximum atomic E-state index is 12.3. The van der Waals surface area contributed by atoms with Gasteiger partial charge in [0, 0.05) is 30.5 Å². The van der Waals surface area contributed by atoms with Gasteiger partial charge in [-0.15, -0.1) is 0 Å². The second-order valence-corrected chi connectivity index (χ2v) is 6.57. The van der Waals surface area contributed by atoms with Gasteiger partial charge in [0.25, 0.3) is 5.56 Å². The summed E-state index contributed by atoms with van der Waals surface area (Å²) in [6.07, 6.45) is 3.74. The molecule has 0 amide bonds. The molecular formula is C20H17N5O. The molecule has 0 saturated carbocycles. The van der Waals surface area contributed by atoms with Crippen molar-refractivity contribution in [2.45, 2.75) is 12.0 Å². The third kappa shape index (κ3) is 2.08. The number of H-pyrrole nitrogens is 1. The van der Waals surface area contributed by atoms with Crippen molar-refractivity contribution in [3.63, 3.8) is 0 Å². The Morgan fingerprint density at radius 1 is 1.08 bits per heavy atom. The van der Waals surface area contributed by atoms with Crippen LogP contribution < -0.4 is 10.9 Å². The fourth-order valence-electron chi connectivity index (χ4n) is 3.90. The van der Waals surface area contributed by atoms with E-state index < -0.39 is 0 Å². The van der Waals surface area contributed by atoms with Crippen LogP contribution in [0.4, 0.5) is 5.69 Å². The summed E-state index contributed by atoms with van der Waals surface area (Å²) in [5.74, 6) is 0.862. The Morgan fingerprint density at radius 3 is 2.69 bits per heavy atom. The number of aryl methyl sites for hydroxylation is 1. The molecule has 5 rings (SSSR count). The van der Waals surface area contributed by atoms with Crippen molar-refractivity contribution in [2.75, 3.05) is 5.32 Å². The van der Waals surface area contributed by atoms with Gasteiger partial charge < -0.3 is 9.88 Å². The first-order chi connectivity index (χ1) is 12.7. The Bertz CT molecular complexity index is 1160. The van der Waals surface area contributed by atoms with Crippen LogP contribution in [0.25, 0.3) is 10.8 Å². The van der Waals surface area contributed by atoms with Crippen molar-refractivity contribution in [3.8, 4) is 0 Å². The Labute approximate surface area is 149 Å². The average molecular weight is 343 g/mol. The number of aromatic nitrogens is 4. The number of benzene rings is 2. The Kier molecular flexibility index (Phi) is 3.18. The molecule has 4 aromatic rings. The summed E-state index contributed by atoms with van der Waals surface area (Å²) in [6, 6.07) is 15.9. The van der Waals surface area contributed by atoms with Gasteiger partial charge in [-0.3, -0.25) is 4.79 Å². The van der Waals surface area contributed by atoms with Crippen LogP contribution in [0.1, 0.15) is 29.0 Å². The number of hydrogen-bond acceptors (Lipinski definition) is 4. The van der Waals surface area contributed by atoms with Crippen LogP contribution >= 0.6 is 0 Å². The van der Waals surface area contributed by atoms with Crippen molar-refractivity contribution in [2.24, 2.45) is 7.05 Å². The topological polar surface area (TPSA) is 75.6 Å². The molecule has 6 heteroatoms. The standard InChI is InChI=1S/C20H17N5O/c1-25-11-10-21-19(25)18-15(12-6-3-2-4-7-12)17-16-13(20(26)24-23-17)8-5-9-14(16)22-18/h2-11,15,18,22H,1H3,(H,24,26). The molecular weight excluding hydrogens is 326 g/mol. The number of nitrogens with zero attached hydrogens (tertiary/aromatic N) is 3. The molecule has 0 fully saturated rings. The maximum absolute atomic E-state index is 12.3. The van der Waals surface area contributed by atoms with E-state index in [1.54, 1.807) is 6.20 Å². The first-order valence-electron chi connectivity index (χ1n) is 8.54. The zero-order valence-corrected chi connectivity index (χ0v) is 14.2. The van der Waals surface area contributed by atoms with Crippen LogP contribution in [0, 0.1) is 0 Å². The summed E-state index contributed by atoms with van der Waals surface area (Å²) < 4.78 is 2.02. The number of hydrogen-bond donors (Lipinski definition) is 2. The molecule has 1 aliphatic rings. The van der Waals surface area contributed by atoms with E-state index in [2.05, 4.69) is 32.6 Å². The minimum atomic E-state index is -0.172. The monoisotopic (exact) mass is 343 g/mol. The first kappa shape index (κ1) is 14.9. The van der Waals surface area contributed by atoms with E-state index in [4.69, 9.17) is 0 Å². The number of aromatic amines is 1. The smallest absolute Gasteiger partial charge is 0.272 e. The highest BCUT2D eigenvalue weighted by Crippen LogP contribution is 2.45. The lowest BCUT2D eigenvalue weighted by atomic mass is 9.82. The number of rotatable bonds is 2. The quantitative estimate of drug-likeness (QED) is 0.587. The molecule has 3 heterocycles. The summed E-state index contributed by atoms with van der Waals surface area (Å²) in [7, 11) is 1.99. The third-order valence-electron chi connectivity index (χ3n) is 5.08. The lowest BCUT2D eigenvalue weighted by molar-refractivity contribution is 0.584. The highest BCUT2D eigenvalue weighted by Gasteiger charge is 2.36. The van der Waals surface area contributed by atoms with Crippen molar-refractivity contribution >= 4 is 16.5 Å². The van der Waals surface area contributed by atoms with E-state index in [-0.39, 0.29) is 17.5 Å². The Hall–Kier alpha value is -3.41. The molecule has 0 saturated heterocycles. The average Bonchev–Trinajstić information content (AvgIpc) is 3.10. The van der Waals surface area contributed by atoms with E-state index in [0.29, 0.717) is 5.39 Å². The predicted octanol–water partition coefficient (Wildman–Crippen LogP) is 2.96. The zero-order chi connectivity index (χ0) is 17.7. The van der Waals surface area contributed by atoms with Gasteiger partial charge in [-0.05, 0) is 17.7 Å². The number of nitrogens with one attached hydrogen (secondary N) is 2. The molecule has 6 nitrogen and oxygen atoms in total. The van der Waals surface area contributed by atoms with Crippen LogP contribution in [0.2, 0.25) is 0 Å². The summed E-state index contributed by atoms with van der Waals surface area (Å²) in [5, 5.41) is 12.3. The lowest BCUT2D eigenvalue weighted by Gasteiger charge is -2.33. The molecule has 2 N–H and O–H groups in total. The fraction of sp³-hybridized carbons (Fsp3) is 0.150. The van der Waals surface area contributed by atoms with Crippen molar-refractivity contribution in [3.05, 3.63) is 88.4 Å². The van der Waals surface area contributed by atoms with E-state index in [0.717, 1.165) is 28.2 Å². The van der Waals surface area contributed by atoms with Crippen molar-refractivity contribution in [1.29, 1.82) is 0 Å². The molecule has 2 aromatic carbocycles. The van der Waals surface area contributed by atoms with Gasteiger partial charge in [0.15, 0.2) is 0 Å². The largest absolute Gasteiger partial charge is 0.374 e. The van der Waals surface area contributed by atoms with Gasteiger partial charge in [-0.1, -0.05) is 36.4 Å². The first-order valence-corrected chi connectivity index (χ1v) is 8.54. The molecule has 0 radical (unpaired) electrons. The molecule has 0 spiro atoms. The van der Waals surface area contributed by atoms with Gasteiger partial charge in [0.1, 0.15) is 5.82 Å². The van der Waals surface area contributed by atoms with Crippen molar-refractivity contribution < 1.29 is 0 Å². The Balaban J connectivity index is 1.83. The fourth-order valence-corrected chi connectivity index (χ4v) is 3.90. The third-order valence-corrected chi connectivity index (χ3v) is 5.08. The molecule has 0 bridgehead atoms. The van der Waals surface area contributed by atoms with Gasteiger partial charge >= 0.3 is 0 Å². The molecule has 2 unspecified atom stereocenters. The van der Waals surface area contributed by atoms with E-state index in [1.165, 1.54) is 0 Å². The normalized spacial score (nSPS) is 18.7. The van der Waals surface area contributed by atoms with Gasteiger partial charge in [0.2, 0.25) is 0 Å². The number of anilines is 1. The SMILES string of the molecule is Cn1ccnc1C1Nc2cccc3c(=O)[nH]nc(c23)C1c1ccccc1. The second-order valence-electron chi connectivity index (χ2n) is 6.57. The van der Waals surface area contributed by atoms with Crippen LogP contribution in [0.3, 0.4) is 0 Å². The second kappa shape index (κ2) is 5.56. The molecule has 1 aliphatic heterocycles. The van der Waals surface area contributed by atoms with Gasteiger partial charge in [0.05, 0.1) is 23.0 Å². The molecule has 0 aliphatic carbocycles. The minimum absolute atomic E-state index is 0.0634. The van der Waals surface area contributed by atoms with Gasteiger partial charge in [-0.2, -0.15) is 5.10 Å². The molecule has 128 valence electrons.